The molecule has 7 rings (SSSR count). The molecule has 4 heterocycles. The molecule has 47 heavy (non-hydrogen) atoms. The lowest BCUT2D eigenvalue weighted by Gasteiger charge is -2.44. The van der Waals surface area contributed by atoms with Crippen LogP contribution < -0.4 is 18.9 Å². The lowest BCUT2D eigenvalue weighted by atomic mass is 9.71. The lowest BCUT2D eigenvalue weighted by molar-refractivity contribution is -0.106. The van der Waals surface area contributed by atoms with Crippen LogP contribution in [0.4, 0.5) is 0 Å². The van der Waals surface area contributed by atoms with Gasteiger partial charge in [0.15, 0.2) is 12.6 Å². The molecule has 0 saturated carbocycles. The van der Waals surface area contributed by atoms with E-state index in [0.717, 1.165) is 98.9 Å². The summed E-state index contributed by atoms with van der Waals surface area (Å²) in [5.74, 6) is 3.23. The Morgan fingerprint density at radius 2 is 1.43 bits per heavy atom. The molecule has 3 saturated heterocycles. The Kier molecular flexibility index (Phi) is 9.91. The highest BCUT2D eigenvalue weighted by Gasteiger charge is 2.48. The molecule has 0 aliphatic carbocycles. The van der Waals surface area contributed by atoms with Gasteiger partial charge in [0.05, 0.1) is 19.1 Å². The number of likely N-dealkylation sites (tertiary alicyclic amines) is 1. The molecule has 0 amide bonds. The largest absolute Gasteiger partial charge is 0.492 e. The first kappa shape index (κ1) is 32.3. The molecule has 3 aromatic rings. The number of fused-ring (bicyclic) bond motifs is 1. The van der Waals surface area contributed by atoms with Crippen LogP contribution in [0.1, 0.15) is 87.5 Å². The third kappa shape index (κ3) is 7.56. The number of benzene rings is 3. The smallest absolute Gasteiger partial charge is 0.199 e. The summed E-state index contributed by atoms with van der Waals surface area (Å²) in [5.41, 5.74) is 1.40. The molecule has 5 unspecified atom stereocenters. The second-order valence-corrected chi connectivity index (χ2v) is 13.8. The van der Waals surface area contributed by atoms with Gasteiger partial charge < -0.3 is 33.5 Å². The average Bonchev–Trinajstić information content (AvgIpc) is 3.51. The van der Waals surface area contributed by atoms with Crippen LogP contribution in [-0.2, 0) is 15.1 Å². The van der Waals surface area contributed by atoms with E-state index in [0.29, 0.717) is 24.7 Å². The van der Waals surface area contributed by atoms with Gasteiger partial charge >= 0.3 is 0 Å². The Morgan fingerprint density at radius 1 is 0.787 bits per heavy atom. The summed E-state index contributed by atoms with van der Waals surface area (Å²) in [4.78, 5) is 2.47. The van der Waals surface area contributed by atoms with Crippen molar-refractivity contribution >= 4 is 0 Å². The summed E-state index contributed by atoms with van der Waals surface area (Å²) in [6.45, 7) is 9.51. The van der Waals surface area contributed by atoms with Crippen molar-refractivity contribution in [2.45, 2.75) is 89.0 Å². The van der Waals surface area contributed by atoms with Gasteiger partial charge in [0.2, 0.25) is 0 Å². The van der Waals surface area contributed by atoms with Gasteiger partial charge in [-0.25, -0.2) is 0 Å². The first-order valence-electron chi connectivity index (χ1n) is 17.6. The highest BCUT2D eigenvalue weighted by atomic mass is 16.7. The first-order chi connectivity index (χ1) is 22.9. The number of nitrogens with zero attached hydrogens (tertiary/aromatic N) is 1. The third-order valence-electron chi connectivity index (χ3n) is 10.1. The van der Waals surface area contributed by atoms with Crippen molar-refractivity contribution in [1.82, 2.24) is 4.90 Å². The standard InChI is InChI=1S/C39H49NO7/c1-27-19-20-40(26-27)21-24-42-30-13-11-29(12-14-30)38-37(28-9-15-31(16-10-28)45-35-7-3-5-22-43-35)39(2,41)33-18-17-32(25-34(33)47-38)46-36-8-4-6-23-44-36/h9-18,25,27,35-38,41H,3-8,19-24,26H2,1-2H3/t27-,35?,36?,37?,38?,39?/m1/s1. The van der Waals surface area contributed by atoms with E-state index >= 15 is 0 Å². The SMILES string of the molecule is C[C@@H]1CCN(CCOc2ccc(C3Oc4cc(OC5CCCCO5)ccc4C(C)(O)C3c3ccc(OC4CCCCO4)cc3)cc2)C1. The van der Waals surface area contributed by atoms with Gasteiger partial charge in [0, 0.05) is 37.6 Å². The Balaban J connectivity index is 1.14. The minimum atomic E-state index is -1.24. The fraction of sp³-hybridized carbons (Fsp3) is 0.538. The highest BCUT2D eigenvalue weighted by molar-refractivity contribution is 5.50. The predicted octanol–water partition coefficient (Wildman–Crippen LogP) is 7.34. The average molecular weight is 644 g/mol. The molecule has 0 radical (unpaired) electrons. The van der Waals surface area contributed by atoms with Crippen molar-refractivity contribution < 1.29 is 33.5 Å². The van der Waals surface area contributed by atoms with E-state index in [9.17, 15) is 5.11 Å². The van der Waals surface area contributed by atoms with Crippen molar-refractivity contribution in [3.8, 4) is 23.0 Å². The number of hydrogen-bond acceptors (Lipinski definition) is 8. The van der Waals surface area contributed by atoms with Gasteiger partial charge in [-0.1, -0.05) is 31.2 Å². The van der Waals surface area contributed by atoms with Crippen molar-refractivity contribution in [3.05, 3.63) is 83.4 Å². The number of aliphatic hydroxyl groups is 1. The molecule has 8 nitrogen and oxygen atoms in total. The summed E-state index contributed by atoms with van der Waals surface area (Å²) < 4.78 is 36.9. The molecule has 0 bridgehead atoms. The second-order valence-electron chi connectivity index (χ2n) is 13.8. The van der Waals surface area contributed by atoms with Gasteiger partial charge in [-0.15, -0.1) is 0 Å². The molecule has 1 N–H and O–H groups in total. The second kappa shape index (κ2) is 14.4. The van der Waals surface area contributed by atoms with Gasteiger partial charge in [-0.3, -0.25) is 4.90 Å². The first-order valence-corrected chi connectivity index (χ1v) is 17.6. The minimum Gasteiger partial charge on any atom is -0.492 e. The predicted molar refractivity (Wildman–Crippen MR) is 179 cm³/mol. The molecule has 3 fully saturated rings. The van der Waals surface area contributed by atoms with Crippen LogP contribution >= 0.6 is 0 Å². The Bertz CT molecular complexity index is 1450. The van der Waals surface area contributed by atoms with Crippen molar-refractivity contribution in [2.24, 2.45) is 5.92 Å². The molecule has 3 aromatic carbocycles. The molecule has 8 heteroatoms. The molecule has 6 atom stereocenters. The van der Waals surface area contributed by atoms with Crippen LogP contribution in [0.3, 0.4) is 0 Å². The molecule has 4 aliphatic rings. The molecular formula is C39H49NO7. The maximum Gasteiger partial charge on any atom is 0.199 e. The minimum absolute atomic E-state index is 0.217. The Hall–Kier alpha value is -3.30. The fourth-order valence-electron chi connectivity index (χ4n) is 7.46. The van der Waals surface area contributed by atoms with Crippen molar-refractivity contribution in [1.29, 1.82) is 0 Å². The summed E-state index contributed by atoms with van der Waals surface area (Å²) in [6, 6.07) is 21.9. The monoisotopic (exact) mass is 643 g/mol. The molecular weight excluding hydrogens is 594 g/mol. The van der Waals surface area contributed by atoms with Crippen LogP contribution in [0.5, 0.6) is 23.0 Å². The van der Waals surface area contributed by atoms with Gasteiger partial charge in [0.1, 0.15) is 41.3 Å². The van der Waals surface area contributed by atoms with E-state index in [1.54, 1.807) is 0 Å². The van der Waals surface area contributed by atoms with E-state index in [4.69, 9.17) is 28.4 Å². The van der Waals surface area contributed by atoms with Crippen LogP contribution in [0, 0.1) is 5.92 Å². The zero-order chi connectivity index (χ0) is 32.2. The quantitative estimate of drug-likeness (QED) is 0.246. The van der Waals surface area contributed by atoms with E-state index in [2.05, 4.69) is 24.0 Å². The summed E-state index contributed by atoms with van der Waals surface area (Å²) in [6.07, 6.45) is 6.38. The van der Waals surface area contributed by atoms with Crippen LogP contribution in [0.2, 0.25) is 0 Å². The van der Waals surface area contributed by atoms with Crippen LogP contribution in [0.25, 0.3) is 0 Å². The molecule has 4 aliphatic heterocycles. The van der Waals surface area contributed by atoms with Crippen LogP contribution in [0.15, 0.2) is 66.7 Å². The Labute approximate surface area is 278 Å². The topological polar surface area (TPSA) is 78.9 Å². The van der Waals surface area contributed by atoms with Crippen molar-refractivity contribution in [3.63, 3.8) is 0 Å². The van der Waals surface area contributed by atoms with E-state index in [-0.39, 0.29) is 12.6 Å². The van der Waals surface area contributed by atoms with Crippen molar-refractivity contribution in [2.75, 3.05) is 39.5 Å². The van der Waals surface area contributed by atoms with Gasteiger partial charge in [-0.2, -0.15) is 0 Å². The fourth-order valence-corrected chi connectivity index (χ4v) is 7.46. The zero-order valence-electron chi connectivity index (χ0n) is 27.8. The number of ether oxygens (including phenoxy) is 6. The zero-order valence-corrected chi connectivity index (χ0v) is 27.8. The normalized spacial score (nSPS) is 29.5. The highest BCUT2D eigenvalue weighted by Crippen LogP contribution is 2.54. The maximum atomic E-state index is 12.4. The maximum absolute atomic E-state index is 12.4. The summed E-state index contributed by atoms with van der Waals surface area (Å²) in [5, 5.41) is 12.4. The van der Waals surface area contributed by atoms with E-state index in [1.165, 1.54) is 6.42 Å². The van der Waals surface area contributed by atoms with Gasteiger partial charge in [0.25, 0.3) is 0 Å². The van der Waals surface area contributed by atoms with Crippen LogP contribution in [-0.4, -0.2) is 62.0 Å². The van der Waals surface area contributed by atoms with E-state index in [1.807, 2.05) is 61.5 Å². The number of hydrogen-bond donors (Lipinski definition) is 1. The van der Waals surface area contributed by atoms with E-state index < -0.39 is 17.6 Å². The third-order valence-corrected chi connectivity index (χ3v) is 10.1. The molecule has 0 spiro atoms. The Morgan fingerprint density at radius 3 is 2.06 bits per heavy atom. The summed E-state index contributed by atoms with van der Waals surface area (Å²) in [7, 11) is 0. The van der Waals surface area contributed by atoms with Gasteiger partial charge in [-0.05, 0) is 99.0 Å². The summed E-state index contributed by atoms with van der Waals surface area (Å²) >= 11 is 0. The lowest BCUT2D eigenvalue weighted by Crippen LogP contribution is -2.40. The molecule has 252 valence electrons. The number of rotatable bonds is 10. The molecule has 0 aromatic heterocycles.